The molecule has 2 rings (SSSR count). The molecule has 1 unspecified atom stereocenters. The Morgan fingerprint density at radius 2 is 1.89 bits per heavy atom. The Morgan fingerprint density at radius 3 is 2.39 bits per heavy atom. The van der Waals surface area contributed by atoms with Gasteiger partial charge in [-0.1, -0.05) is 15.9 Å². The van der Waals surface area contributed by atoms with E-state index in [4.69, 9.17) is 9.47 Å². The molecule has 1 aliphatic heterocycles. The van der Waals surface area contributed by atoms with E-state index in [0.29, 0.717) is 24.5 Å². The summed E-state index contributed by atoms with van der Waals surface area (Å²) in [4.78, 5) is 13.9. The molecule has 1 saturated heterocycles. The van der Waals surface area contributed by atoms with Gasteiger partial charge in [-0.05, 0) is 18.6 Å². The van der Waals surface area contributed by atoms with Crippen LogP contribution in [0.15, 0.2) is 12.1 Å². The van der Waals surface area contributed by atoms with Gasteiger partial charge in [0.25, 0.3) is 0 Å². The van der Waals surface area contributed by atoms with Crippen molar-refractivity contribution in [2.24, 2.45) is 0 Å². The van der Waals surface area contributed by atoms with Crippen molar-refractivity contribution in [3.63, 3.8) is 0 Å². The van der Waals surface area contributed by atoms with Crippen LogP contribution in [-0.2, 0) is 4.79 Å². The van der Waals surface area contributed by atoms with E-state index in [0.717, 1.165) is 11.3 Å². The summed E-state index contributed by atoms with van der Waals surface area (Å²) >= 11 is 3.49. The SMILES string of the molecule is COc1cc(C)c(N2CC(Br)CC2=O)cc1OC. The molecule has 18 heavy (non-hydrogen) atoms. The second-order valence-corrected chi connectivity index (χ2v) is 5.59. The molecule has 1 heterocycles. The number of alkyl halides is 1. The molecule has 1 amide bonds. The number of methoxy groups -OCH3 is 2. The Bertz CT molecular complexity index is 476. The summed E-state index contributed by atoms with van der Waals surface area (Å²) in [5.41, 5.74) is 1.89. The van der Waals surface area contributed by atoms with E-state index < -0.39 is 0 Å². The molecule has 0 aromatic heterocycles. The average molecular weight is 314 g/mol. The van der Waals surface area contributed by atoms with Crippen LogP contribution in [0, 0.1) is 6.92 Å². The van der Waals surface area contributed by atoms with Crippen LogP contribution >= 0.6 is 15.9 Å². The van der Waals surface area contributed by atoms with Gasteiger partial charge in [0.1, 0.15) is 0 Å². The summed E-state index contributed by atoms with van der Waals surface area (Å²) in [6, 6.07) is 3.75. The number of rotatable bonds is 3. The van der Waals surface area contributed by atoms with Gasteiger partial charge in [-0.15, -0.1) is 0 Å². The van der Waals surface area contributed by atoms with E-state index in [1.165, 1.54) is 0 Å². The number of benzene rings is 1. The van der Waals surface area contributed by atoms with E-state index in [1.54, 1.807) is 19.1 Å². The van der Waals surface area contributed by atoms with Crippen molar-refractivity contribution in [3.05, 3.63) is 17.7 Å². The maximum atomic E-state index is 11.9. The molecule has 1 aromatic rings. The van der Waals surface area contributed by atoms with Crippen LogP contribution in [-0.4, -0.2) is 31.5 Å². The first-order chi connectivity index (χ1) is 8.56. The van der Waals surface area contributed by atoms with Crippen molar-refractivity contribution >= 4 is 27.5 Å². The van der Waals surface area contributed by atoms with Gasteiger partial charge in [0, 0.05) is 23.9 Å². The summed E-state index contributed by atoms with van der Waals surface area (Å²) in [5, 5.41) is 0. The van der Waals surface area contributed by atoms with Crippen LogP contribution in [0.5, 0.6) is 11.5 Å². The topological polar surface area (TPSA) is 38.8 Å². The molecule has 1 aromatic carbocycles. The molecule has 0 N–H and O–H groups in total. The fourth-order valence-corrected chi connectivity index (χ4v) is 2.72. The molecule has 0 spiro atoms. The van der Waals surface area contributed by atoms with E-state index in [1.807, 2.05) is 19.1 Å². The van der Waals surface area contributed by atoms with Crippen molar-refractivity contribution in [1.82, 2.24) is 0 Å². The molecule has 0 radical (unpaired) electrons. The third kappa shape index (κ3) is 2.32. The zero-order valence-corrected chi connectivity index (χ0v) is 12.3. The normalized spacial score (nSPS) is 19.2. The number of amides is 1. The van der Waals surface area contributed by atoms with Crippen molar-refractivity contribution < 1.29 is 14.3 Å². The standard InChI is InChI=1S/C13H16BrNO3/c1-8-4-11(17-2)12(18-3)6-10(8)15-7-9(14)5-13(15)16/h4,6,9H,5,7H2,1-3H3. The molecule has 1 atom stereocenters. The predicted octanol–water partition coefficient (Wildman–Crippen LogP) is 2.51. The average Bonchev–Trinajstić information content (AvgIpc) is 2.68. The van der Waals surface area contributed by atoms with E-state index in [9.17, 15) is 4.79 Å². The smallest absolute Gasteiger partial charge is 0.228 e. The van der Waals surface area contributed by atoms with Crippen LogP contribution in [0.3, 0.4) is 0 Å². The number of hydrogen-bond acceptors (Lipinski definition) is 3. The van der Waals surface area contributed by atoms with Crippen molar-refractivity contribution in [2.45, 2.75) is 18.2 Å². The molecule has 0 saturated carbocycles. The summed E-state index contributed by atoms with van der Waals surface area (Å²) in [7, 11) is 3.20. The zero-order chi connectivity index (χ0) is 13.3. The number of aryl methyl sites for hydroxylation is 1. The minimum Gasteiger partial charge on any atom is -0.493 e. The van der Waals surface area contributed by atoms with Crippen LogP contribution in [0.1, 0.15) is 12.0 Å². The zero-order valence-electron chi connectivity index (χ0n) is 10.7. The highest BCUT2D eigenvalue weighted by Gasteiger charge is 2.30. The van der Waals surface area contributed by atoms with Crippen LogP contribution < -0.4 is 14.4 Å². The first-order valence-electron chi connectivity index (χ1n) is 5.74. The van der Waals surface area contributed by atoms with Gasteiger partial charge in [-0.3, -0.25) is 4.79 Å². The van der Waals surface area contributed by atoms with Crippen LogP contribution in [0.2, 0.25) is 0 Å². The van der Waals surface area contributed by atoms with Gasteiger partial charge >= 0.3 is 0 Å². The molecule has 0 aliphatic carbocycles. The number of anilines is 1. The Labute approximate surface area is 115 Å². The van der Waals surface area contributed by atoms with Gasteiger partial charge in [-0.2, -0.15) is 0 Å². The van der Waals surface area contributed by atoms with Gasteiger partial charge in [0.15, 0.2) is 11.5 Å². The van der Waals surface area contributed by atoms with E-state index in [2.05, 4.69) is 15.9 Å². The van der Waals surface area contributed by atoms with Gasteiger partial charge in [0.2, 0.25) is 5.91 Å². The summed E-state index contributed by atoms with van der Waals surface area (Å²) in [5.74, 6) is 1.46. The summed E-state index contributed by atoms with van der Waals surface area (Å²) < 4.78 is 10.5. The Morgan fingerprint density at radius 1 is 1.28 bits per heavy atom. The molecular formula is C13H16BrNO3. The van der Waals surface area contributed by atoms with Gasteiger partial charge < -0.3 is 14.4 Å². The number of nitrogens with zero attached hydrogens (tertiary/aromatic N) is 1. The third-order valence-electron chi connectivity index (χ3n) is 3.07. The lowest BCUT2D eigenvalue weighted by molar-refractivity contribution is -0.117. The monoisotopic (exact) mass is 313 g/mol. The maximum absolute atomic E-state index is 11.9. The van der Waals surface area contributed by atoms with E-state index >= 15 is 0 Å². The third-order valence-corrected chi connectivity index (χ3v) is 3.68. The number of carbonyl (C=O) groups is 1. The highest BCUT2D eigenvalue weighted by atomic mass is 79.9. The molecule has 5 heteroatoms. The lowest BCUT2D eigenvalue weighted by Crippen LogP contribution is -2.25. The number of carbonyl (C=O) groups excluding carboxylic acids is 1. The highest BCUT2D eigenvalue weighted by Crippen LogP contribution is 2.36. The number of halogens is 1. The van der Waals surface area contributed by atoms with Crippen molar-refractivity contribution in [2.75, 3.05) is 25.7 Å². The van der Waals surface area contributed by atoms with E-state index in [-0.39, 0.29) is 10.7 Å². The lowest BCUT2D eigenvalue weighted by atomic mass is 10.1. The summed E-state index contributed by atoms with van der Waals surface area (Å²) in [6.07, 6.45) is 0.536. The lowest BCUT2D eigenvalue weighted by Gasteiger charge is -2.20. The van der Waals surface area contributed by atoms with Crippen LogP contribution in [0.4, 0.5) is 5.69 Å². The fraction of sp³-hybridized carbons (Fsp3) is 0.462. The van der Waals surface area contributed by atoms with Crippen molar-refractivity contribution in [1.29, 1.82) is 0 Å². The first kappa shape index (κ1) is 13.2. The largest absolute Gasteiger partial charge is 0.493 e. The fourth-order valence-electron chi connectivity index (χ4n) is 2.16. The molecule has 1 fully saturated rings. The number of ether oxygens (including phenoxy) is 2. The highest BCUT2D eigenvalue weighted by molar-refractivity contribution is 9.09. The Hall–Kier alpha value is -1.23. The first-order valence-corrected chi connectivity index (χ1v) is 6.65. The minimum atomic E-state index is 0.132. The molecule has 1 aliphatic rings. The number of hydrogen-bond donors (Lipinski definition) is 0. The minimum absolute atomic E-state index is 0.132. The quantitative estimate of drug-likeness (QED) is 0.805. The Kier molecular flexibility index (Phi) is 3.80. The predicted molar refractivity (Wildman–Crippen MR) is 74.0 cm³/mol. The van der Waals surface area contributed by atoms with Gasteiger partial charge in [0.05, 0.1) is 19.9 Å². The molecule has 4 nitrogen and oxygen atoms in total. The second-order valence-electron chi connectivity index (χ2n) is 4.30. The van der Waals surface area contributed by atoms with Crippen molar-refractivity contribution in [3.8, 4) is 11.5 Å². The molecule has 0 bridgehead atoms. The Balaban J connectivity index is 2.42. The van der Waals surface area contributed by atoms with Gasteiger partial charge in [-0.25, -0.2) is 0 Å². The molecule has 98 valence electrons. The maximum Gasteiger partial charge on any atom is 0.228 e. The summed E-state index contributed by atoms with van der Waals surface area (Å²) in [6.45, 7) is 2.65. The van der Waals surface area contributed by atoms with Crippen LogP contribution in [0.25, 0.3) is 0 Å². The molecular weight excluding hydrogens is 298 g/mol. The second kappa shape index (κ2) is 5.18.